The molecule has 3 aromatic rings. The summed E-state index contributed by atoms with van der Waals surface area (Å²) in [5.74, 6) is 0. The van der Waals surface area contributed by atoms with Crippen LogP contribution in [0.25, 0.3) is 17.1 Å². The van der Waals surface area contributed by atoms with Crippen LogP contribution in [0, 0.1) is 6.92 Å². The Morgan fingerprint density at radius 1 is 1.10 bits per heavy atom. The Bertz CT molecular complexity index is 730. The van der Waals surface area contributed by atoms with E-state index in [1.807, 2.05) is 49.4 Å². The van der Waals surface area contributed by atoms with Crippen molar-refractivity contribution in [3.8, 4) is 17.1 Å². The van der Waals surface area contributed by atoms with E-state index in [9.17, 15) is 4.79 Å². The second-order valence-corrected chi connectivity index (χ2v) is 4.55. The Labute approximate surface area is 116 Å². The number of pyridine rings is 1. The van der Waals surface area contributed by atoms with Crippen LogP contribution >= 0.6 is 0 Å². The monoisotopic (exact) mass is 263 g/mol. The van der Waals surface area contributed by atoms with Gasteiger partial charge < -0.3 is 0 Å². The minimum absolute atomic E-state index is 0.532. The summed E-state index contributed by atoms with van der Waals surface area (Å²) in [5, 5.41) is 4.47. The lowest BCUT2D eigenvalue weighted by molar-refractivity contribution is 0.112. The number of carbonyl (C=O) groups excluding carboxylic acids is 1. The van der Waals surface area contributed by atoms with Gasteiger partial charge >= 0.3 is 0 Å². The lowest BCUT2D eigenvalue weighted by atomic mass is 10.2. The van der Waals surface area contributed by atoms with E-state index in [1.165, 1.54) is 5.56 Å². The van der Waals surface area contributed by atoms with Crippen LogP contribution in [-0.2, 0) is 0 Å². The number of nitrogens with zero attached hydrogens (tertiary/aromatic N) is 3. The van der Waals surface area contributed by atoms with E-state index in [-0.39, 0.29) is 0 Å². The molecule has 0 aliphatic rings. The van der Waals surface area contributed by atoms with Crippen LogP contribution in [0.2, 0.25) is 0 Å². The maximum absolute atomic E-state index is 11.2. The lowest BCUT2D eigenvalue weighted by Crippen LogP contribution is -1.95. The molecule has 2 heterocycles. The van der Waals surface area contributed by atoms with Crippen molar-refractivity contribution < 1.29 is 4.79 Å². The zero-order valence-corrected chi connectivity index (χ0v) is 11.0. The smallest absolute Gasteiger partial charge is 0.153 e. The van der Waals surface area contributed by atoms with Crippen LogP contribution in [0.1, 0.15) is 15.9 Å². The average Bonchev–Trinajstić information content (AvgIpc) is 2.93. The van der Waals surface area contributed by atoms with Crippen molar-refractivity contribution in [2.24, 2.45) is 0 Å². The molecule has 0 aliphatic carbocycles. The molecule has 0 radical (unpaired) electrons. The number of hydrogen-bond donors (Lipinski definition) is 0. The van der Waals surface area contributed by atoms with E-state index in [0.29, 0.717) is 17.0 Å². The number of hydrogen-bond acceptors (Lipinski definition) is 3. The first-order valence-corrected chi connectivity index (χ1v) is 6.31. The van der Waals surface area contributed by atoms with Gasteiger partial charge in [0.05, 0.1) is 16.9 Å². The highest BCUT2D eigenvalue weighted by atomic mass is 16.1. The van der Waals surface area contributed by atoms with Gasteiger partial charge in [-0.05, 0) is 31.2 Å². The predicted molar refractivity (Wildman–Crippen MR) is 76.9 cm³/mol. The number of aryl methyl sites for hydroxylation is 1. The fourth-order valence-corrected chi connectivity index (χ4v) is 2.01. The van der Waals surface area contributed by atoms with Crippen molar-refractivity contribution >= 4 is 6.29 Å². The maximum Gasteiger partial charge on any atom is 0.153 e. The summed E-state index contributed by atoms with van der Waals surface area (Å²) in [6.45, 7) is 2.03. The van der Waals surface area contributed by atoms with Crippen molar-refractivity contribution in [1.82, 2.24) is 14.8 Å². The zero-order chi connectivity index (χ0) is 13.9. The van der Waals surface area contributed by atoms with Gasteiger partial charge in [-0.1, -0.05) is 23.8 Å². The highest BCUT2D eigenvalue weighted by Crippen LogP contribution is 2.20. The normalized spacial score (nSPS) is 10.4. The molecule has 0 atom stereocenters. The van der Waals surface area contributed by atoms with Crippen LogP contribution in [0.15, 0.2) is 54.9 Å². The molecule has 4 nitrogen and oxygen atoms in total. The maximum atomic E-state index is 11.2. The van der Waals surface area contributed by atoms with Gasteiger partial charge in [-0.25, -0.2) is 4.68 Å². The molecular formula is C16H13N3O. The Morgan fingerprint density at radius 3 is 2.55 bits per heavy atom. The van der Waals surface area contributed by atoms with Gasteiger partial charge in [-0.3, -0.25) is 9.78 Å². The van der Waals surface area contributed by atoms with Crippen LogP contribution < -0.4 is 0 Å². The molecule has 0 N–H and O–H groups in total. The van der Waals surface area contributed by atoms with Crippen molar-refractivity contribution in [2.75, 3.05) is 0 Å². The molecule has 1 aromatic carbocycles. The molecule has 2 aromatic heterocycles. The standard InChI is InChI=1S/C16H13N3O/c1-12-5-7-14(8-6-12)19-10-13(11-20)16(18-19)15-4-2-3-9-17-15/h2-11H,1H3. The second kappa shape index (κ2) is 5.09. The average molecular weight is 263 g/mol. The van der Waals surface area contributed by atoms with Gasteiger partial charge in [0, 0.05) is 12.4 Å². The summed E-state index contributed by atoms with van der Waals surface area (Å²) < 4.78 is 1.70. The molecule has 0 fully saturated rings. The van der Waals surface area contributed by atoms with Gasteiger partial charge in [0.15, 0.2) is 6.29 Å². The number of aromatic nitrogens is 3. The van der Waals surface area contributed by atoms with Crippen LogP contribution in [0.3, 0.4) is 0 Å². The molecule has 0 bridgehead atoms. The van der Waals surface area contributed by atoms with Crippen LogP contribution in [0.5, 0.6) is 0 Å². The third kappa shape index (κ3) is 2.23. The molecular weight excluding hydrogens is 250 g/mol. The Morgan fingerprint density at radius 2 is 1.90 bits per heavy atom. The summed E-state index contributed by atoms with van der Waals surface area (Å²) in [7, 11) is 0. The van der Waals surface area contributed by atoms with Crippen LogP contribution in [-0.4, -0.2) is 21.1 Å². The van der Waals surface area contributed by atoms with E-state index in [1.54, 1.807) is 17.1 Å². The highest BCUT2D eigenvalue weighted by molar-refractivity contribution is 5.84. The number of carbonyl (C=O) groups is 1. The Kier molecular flexibility index (Phi) is 3.13. The molecule has 0 unspecified atom stereocenters. The largest absolute Gasteiger partial charge is 0.298 e. The first-order valence-electron chi connectivity index (χ1n) is 6.31. The number of benzene rings is 1. The molecule has 98 valence electrons. The fraction of sp³-hybridized carbons (Fsp3) is 0.0625. The van der Waals surface area contributed by atoms with E-state index in [2.05, 4.69) is 10.1 Å². The molecule has 0 spiro atoms. The summed E-state index contributed by atoms with van der Waals surface area (Å²) in [6.07, 6.45) is 4.22. The van der Waals surface area contributed by atoms with Gasteiger partial charge in [0.2, 0.25) is 0 Å². The molecule has 20 heavy (non-hydrogen) atoms. The third-order valence-electron chi connectivity index (χ3n) is 3.08. The third-order valence-corrected chi connectivity index (χ3v) is 3.08. The van der Waals surface area contributed by atoms with Crippen LogP contribution in [0.4, 0.5) is 0 Å². The fourth-order valence-electron chi connectivity index (χ4n) is 2.01. The first-order chi connectivity index (χ1) is 9.78. The SMILES string of the molecule is Cc1ccc(-n2cc(C=O)c(-c3ccccn3)n2)cc1. The van der Waals surface area contributed by atoms with Gasteiger partial charge in [0.1, 0.15) is 5.69 Å². The van der Waals surface area contributed by atoms with E-state index in [0.717, 1.165) is 12.0 Å². The zero-order valence-electron chi connectivity index (χ0n) is 11.0. The molecule has 0 saturated heterocycles. The molecule has 0 aliphatic heterocycles. The predicted octanol–water partition coefficient (Wildman–Crippen LogP) is 3.06. The van der Waals surface area contributed by atoms with E-state index < -0.39 is 0 Å². The van der Waals surface area contributed by atoms with Gasteiger partial charge in [-0.15, -0.1) is 0 Å². The van der Waals surface area contributed by atoms with Gasteiger partial charge in [-0.2, -0.15) is 5.10 Å². The molecule has 3 rings (SSSR count). The van der Waals surface area contributed by atoms with Gasteiger partial charge in [0.25, 0.3) is 0 Å². The minimum atomic E-state index is 0.532. The van der Waals surface area contributed by atoms with E-state index >= 15 is 0 Å². The Hall–Kier alpha value is -2.75. The van der Waals surface area contributed by atoms with Crippen molar-refractivity contribution in [3.63, 3.8) is 0 Å². The molecule has 4 heteroatoms. The van der Waals surface area contributed by atoms with Crippen molar-refractivity contribution in [1.29, 1.82) is 0 Å². The van der Waals surface area contributed by atoms with E-state index in [4.69, 9.17) is 0 Å². The summed E-state index contributed by atoms with van der Waals surface area (Å²) >= 11 is 0. The second-order valence-electron chi connectivity index (χ2n) is 4.55. The van der Waals surface area contributed by atoms with Crippen molar-refractivity contribution in [2.45, 2.75) is 6.92 Å². The number of aldehydes is 1. The highest BCUT2D eigenvalue weighted by Gasteiger charge is 2.12. The lowest BCUT2D eigenvalue weighted by Gasteiger charge is -2.01. The summed E-state index contributed by atoms with van der Waals surface area (Å²) in [4.78, 5) is 15.5. The summed E-state index contributed by atoms with van der Waals surface area (Å²) in [5.41, 5.74) is 3.92. The molecule has 0 saturated carbocycles. The van der Waals surface area contributed by atoms with Crippen molar-refractivity contribution in [3.05, 3.63) is 66.0 Å². The first kappa shape index (κ1) is 12.3. The summed E-state index contributed by atoms with van der Waals surface area (Å²) in [6, 6.07) is 13.5. The molecule has 0 amide bonds. The topological polar surface area (TPSA) is 47.8 Å². The Balaban J connectivity index is 2.09. The quantitative estimate of drug-likeness (QED) is 0.682. The number of rotatable bonds is 3. The minimum Gasteiger partial charge on any atom is -0.298 e.